The van der Waals surface area contributed by atoms with Crippen molar-refractivity contribution >= 4 is 16.7 Å². The first-order valence-corrected chi connectivity index (χ1v) is 9.44. The van der Waals surface area contributed by atoms with E-state index in [1.54, 1.807) is 0 Å². The van der Waals surface area contributed by atoms with Crippen LogP contribution in [0.4, 0.5) is 0 Å². The number of likely N-dealkylation sites (tertiary alicyclic amines) is 1. The monoisotopic (exact) mass is 336 g/mol. The fraction of sp³-hybridized carbons (Fsp3) is 0.476. The first-order valence-electron chi connectivity index (χ1n) is 9.44. The second kappa shape index (κ2) is 7.04. The van der Waals surface area contributed by atoms with Crippen molar-refractivity contribution in [3.8, 4) is 0 Å². The Morgan fingerprint density at radius 3 is 2.76 bits per heavy atom. The van der Waals surface area contributed by atoms with E-state index in [4.69, 9.17) is 0 Å². The Balaban J connectivity index is 1.38. The third-order valence-corrected chi connectivity index (χ3v) is 5.53. The van der Waals surface area contributed by atoms with Crippen molar-refractivity contribution in [3.63, 3.8) is 0 Å². The second-order valence-electron chi connectivity index (χ2n) is 7.42. The summed E-state index contributed by atoms with van der Waals surface area (Å²) in [7, 11) is 1.86. The van der Waals surface area contributed by atoms with Gasteiger partial charge in [-0.15, -0.1) is 0 Å². The molecule has 0 spiro atoms. The molecule has 4 heteroatoms. The van der Waals surface area contributed by atoms with E-state index < -0.39 is 0 Å². The molecule has 1 saturated carbocycles. The highest BCUT2D eigenvalue weighted by Crippen LogP contribution is 2.33. The van der Waals surface area contributed by atoms with Crippen LogP contribution in [-0.2, 0) is 6.54 Å². The molecule has 2 aromatic rings. The Bertz CT molecular complexity index is 760. The van der Waals surface area contributed by atoms with E-state index in [9.17, 15) is 0 Å². The lowest BCUT2D eigenvalue weighted by Gasteiger charge is -2.20. The van der Waals surface area contributed by atoms with E-state index in [1.165, 1.54) is 35.6 Å². The van der Waals surface area contributed by atoms with Gasteiger partial charge in [0.2, 0.25) is 0 Å². The Kier molecular flexibility index (Phi) is 4.62. The molecule has 2 aliphatic rings. The minimum absolute atomic E-state index is 0.495. The van der Waals surface area contributed by atoms with Crippen LogP contribution in [0.25, 0.3) is 10.8 Å². The van der Waals surface area contributed by atoms with Gasteiger partial charge in [0.05, 0.1) is 0 Å². The van der Waals surface area contributed by atoms with Crippen molar-refractivity contribution in [1.82, 2.24) is 15.5 Å². The normalized spacial score (nSPS) is 24.6. The standard InChI is InChI=1S/C21H28N4/c1-15-12-18(14-25(15)19-10-11-19)24-21(22-2)23-13-17-8-5-7-16-6-3-4-9-20(16)17/h3-9,15,18-19H,10-14H2,1-2H3,(H2,22,23,24). The minimum atomic E-state index is 0.495. The smallest absolute Gasteiger partial charge is 0.191 e. The zero-order valence-electron chi connectivity index (χ0n) is 15.2. The van der Waals surface area contributed by atoms with Crippen LogP contribution in [0.1, 0.15) is 31.7 Å². The van der Waals surface area contributed by atoms with Gasteiger partial charge in [0.25, 0.3) is 0 Å². The van der Waals surface area contributed by atoms with Gasteiger partial charge in [-0.05, 0) is 42.5 Å². The average molecular weight is 336 g/mol. The summed E-state index contributed by atoms with van der Waals surface area (Å²) in [5.41, 5.74) is 1.31. The number of nitrogens with zero attached hydrogens (tertiary/aromatic N) is 2. The van der Waals surface area contributed by atoms with E-state index >= 15 is 0 Å². The molecule has 0 bridgehead atoms. The predicted molar refractivity (Wildman–Crippen MR) is 105 cm³/mol. The molecule has 4 rings (SSSR count). The van der Waals surface area contributed by atoms with Gasteiger partial charge in [0.1, 0.15) is 0 Å². The topological polar surface area (TPSA) is 39.7 Å². The van der Waals surface area contributed by atoms with E-state index in [0.29, 0.717) is 12.1 Å². The SMILES string of the molecule is CN=C(NCc1cccc2ccccc12)NC1CC(C)N(C2CC2)C1. The highest BCUT2D eigenvalue weighted by molar-refractivity contribution is 5.86. The quantitative estimate of drug-likeness (QED) is 0.666. The van der Waals surface area contributed by atoms with Crippen molar-refractivity contribution < 1.29 is 0 Å². The maximum Gasteiger partial charge on any atom is 0.191 e. The molecule has 2 N–H and O–H groups in total. The molecule has 2 unspecified atom stereocenters. The van der Waals surface area contributed by atoms with E-state index in [-0.39, 0.29) is 0 Å². The summed E-state index contributed by atoms with van der Waals surface area (Å²) in [6.45, 7) is 4.28. The van der Waals surface area contributed by atoms with Crippen LogP contribution >= 0.6 is 0 Å². The van der Waals surface area contributed by atoms with Crippen molar-refractivity contribution in [2.75, 3.05) is 13.6 Å². The summed E-state index contributed by atoms with van der Waals surface area (Å²) in [4.78, 5) is 7.10. The largest absolute Gasteiger partial charge is 0.352 e. The van der Waals surface area contributed by atoms with Gasteiger partial charge < -0.3 is 10.6 Å². The molecule has 1 saturated heterocycles. The number of rotatable bonds is 4. The summed E-state index contributed by atoms with van der Waals surface area (Å²) < 4.78 is 0. The van der Waals surface area contributed by atoms with Gasteiger partial charge in [0, 0.05) is 38.3 Å². The zero-order chi connectivity index (χ0) is 17.2. The lowest BCUT2D eigenvalue weighted by molar-refractivity contribution is 0.256. The second-order valence-corrected chi connectivity index (χ2v) is 7.42. The van der Waals surface area contributed by atoms with E-state index in [0.717, 1.165) is 25.1 Å². The molecule has 4 nitrogen and oxygen atoms in total. The van der Waals surface area contributed by atoms with E-state index in [2.05, 4.69) is 69.9 Å². The first-order chi connectivity index (χ1) is 12.2. The van der Waals surface area contributed by atoms with Gasteiger partial charge in [-0.3, -0.25) is 9.89 Å². The lowest BCUT2D eigenvalue weighted by atomic mass is 10.0. The molecule has 1 aliphatic heterocycles. The number of hydrogen-bond acceptors (Lipinski definition) is 2. The summed E-state index contributed by atoms with van der Waals surface area (Å²) in [5.74, 6) is 0.905. The molecular formula is C21H28N4. The number of benzene rings is 2. The summed E-state index contributed by atoms with van der Waals surface area (Å²) >= 11 is 0. The molecule has 132 valence electrons. The Labute approximate surface area is 150 Å². The average Bonchev–Trinajstić information content (AvgIpc) is 3.41. The Morgan fingerprint density at radius 2 is 1.96 bits per heavy atom. The number of guanidine groups is 1. The third kappa shape index (κ3) is 3.64. The highest BCUT2D eigenvalue weighted by Gasteiger charge is 2.38. The van der Waals surface area contributed by atoms with Crippen LogP contribution in [0.2, 0.25) is 0 Å². The third-order valence-electron chi connectivity index (χ3n) is 5.53. The van der Waals surface area contributed by atoms with Gasteiger partial charge >= 0.3 is 0 Å². The number of nitrogens with one attached hydrogen (secondary N) is 2. The van der Waals surface area contributed by atoms with Crippen LogP contribution in [0.3, 0.4) is 0 Å². The lowest BCUT2D eigenvalue weighted by Crippen LogP contribution is -2.44. The van der Waals surface area contributed by atoms with Crippen LogP contribution in [0.5, 0.6) is 0 Å². The van der Waals surface area contributed by atoms with Crippen molar-refractivity contribution in [2.45, 2.75) is 50.9 Å². The van der Waals surface area contributed by atoms with Crippen LogP contribution in [-0.4, -0.2) is 42.6 Å². The molecule has 1 heterocycles. The zero-order valence-corrected chi connectivity index (χ0v) is 15.2. The molecule has 0 amide bonds. The molecule has 1 aliphatic carbocycles. The van der Waals surface area contributed by atoms with Crippen molar-refractivity contribution in [3.05, 3.63) is 48.0 Å². The summed E-state index contributed by atoms with van der Waals surface area (Å²) in [6, 6.07) is 17.0. The van der Waals surface area contributed by atoms with Gasteiger partial charge in [-0.25, -0.2) is 0 Å². The van der Waals surface area contributed by atoms with Crippen molar-refractivity contribution in [2.24, 2.45) is 4.99 Å². The van der Waals surface area contributed by atoms with Crippen LogP contribution in [0.15, 0.2) is 47.5 Å². The number of hydrogen-bond donors (Lipinski definition) is 2. The Morgan fingerprint density at radius 1 is 1.16 bits per heavy atom. The predicted octanol–water partition coefficient (Wildman–Crippen LogP) is 3.13. The molecule has 2 aromatic carbocycles. The Hall–Kier alpha value is -2.07. The van der Waals surface area contributed by atoms with E-state index in [1.807, 2.05) is 7.05 Å². The fourth-order valence-corrected chi connectivity index (χ4v) is 4.09. The van der Waals surface area contributed by atoms with Gasteiger partial charge in [-0.2, -0.15) is 0 Å². The van der Waals surface area contributed by atoms with Gasteiger partial charge in [0.15, 0.2) is 5.96 Å². The summed E-state index contributed by atoms with van der Waals surface area (Å²) in [6.07, 6.45) is 3.96. The van der Waals surface area contributed by atoms with Crippen molar-refractivity contribution in [1.29, 1.82) is 0 Å². The van der Waals surface area contributed by atoms with Gasteiger partial charge in [-0.1, -0.05) is 42.5 Å². The maximum absolute atomic E-state index is 4.43. The molecule has 0 radical (unpaired) electrons. The molecule has 2 fully saturated rings. The number of fused-ring (bicyclic) bond motifs is 1. The maximum atomic E-state index is 4.43. The molecular weight excluding hydrogens is 308 g/mol. The fourth-order valence-electron chi connectivity index (χ4n) is 4.09. The first kappa shape index (κ1) is 16.4. The molecule has 25 heavy (non-hydrogen) atoms. The summed E-state index contributed by atoms with van der Waals surface area (Å²) in [5, 5.41) is 9.72. The molecule has 2 atom stereocenters. The molecule has 0 aromatic heterocycles. The highest BCUT2D eigenvalue weighted by atomic mass is 15.3. The number of aliphatic imine (C=N–C) groups is 1. The van der Waals surface area contributed by atoms with Crippen LogP contribution < -0.4 is 10.6 Å². The van der Waals surface area contributed by atoms with Crippen LogP contribution in [0, 0.1) is 0 Å². The minimum Gasteiger partial charge on any atom is -0.352 e.